The van der Waals surface area contributed by atoms with E-state index in [0.29, 0.717) is 17.0 Å². The minimum Gasteiger partial charge on any atom is -0.497 e. The molecule has 1 aliphatic heterocycles. The van der Waals surface area contributed by atoms with Crippen molar-refractivity contribution in [1.82, 2.24) is 0 Å². The molecule has 88 valence electrons. The van der Waals surface area contributed by atoms with Crippen molar-refractivity contribution in [2.45, 2.75) is 0 Å². The molecule has 1 aliphatic rings. The number of anilines is 1. The van der Waals surface area contributed by atoms with E-state index in [0.717, 1.165) is 0 Å². The number of Topliss-reactive ketones (excluding diaryl/α,β-unsaturated/α-hetero) is 1. The van der Waals surface area contributed by atoms with Crippen molar-refractivity contribution in [3.05, 3.63) is 35.4 Å². The van der Waals surface area contributed by atoms with Crippen LogP contribution in [-0.4, -0.2) is 25.3 Å². The van der Waals surface area contributed by atoms with E-state index < -0.39 is 11.7 Å². The number of hydrogen-bond acceptors (Lipinski definition) is 3. The average molecular weight is 252 g/mol. The van der Waals surface area contributed by atoms with Gasteiger partial charge in [0.25, 0.3) is 11.7 Å². The normalized spacial score (nSPS) is 14.6. The highest BCUT2D eigenvalue weighted by Crippen LogP contribution is 2.31. The van der Waals surface area contributed by atoms with Crippen LogP contribution in [-0.2, 0) is 4.79 Å². The number of carbonyl (C=O) groups is 2. The Labute approximate surface area is 103 Å². The second-order valence-corrected chi connectivity index (χ2v) is 3.74. The maximum absolute atomic E-state index is 11.7. The number of methoxy groups -OCH3 is 1. The van der Waals surface area contributed by atoms with Gasteiger partial charge in [-0.1, -0.05) is 17.7 Å². The SMILES string of the molecule is COc1ccc2c(c1)C(=O)C(=O)N2C/C=C/Cl. The van der Waals surface area contributed by atoms with E-state index in [1.165, 1.54) is 17.5 Å². The number of benzene rings is 1. The summed E-state index contributed by atoms with van der Waals surface area (Å²) in [5, 5.41) is 0. The lowest BCUT2D eigenvalue weighted by Crippen LogP contribution is -2.29. The van der Waals surface area contributed by atoms with Gasteiger partial charge in [-0.25, -0.2) is 0 Å². The summed E-state index contributed by atoms with van der Waals surface area (Å²) in [6.07, 6.45) is 1.60. The molecule has 2 rings (SSSR count). The van der Waals surface area contributed by atoms with Crippen LogP contribution in [0.5, 0.6) is 5.75 Å². The number of amides is 1. The Bertz CT molecular complexity index is 510. The summed E-state index contributed by atoms with van der Waals surface area (Å²) in [5.74, 6) is -0.496. The molecule has 0 spiro atoms. The number of fused-ring (bicyclic) bond motifs is 1. The van der Waals surface area contributed by atoms with Crippen LogP contribution < -0.4 is 9.64 Å². The fourth-order valence-electron chi connectivity index (χ4n) is 1.73. The molecule has 0 fully saturated rings. The van der Waals surface area contributed by atoms with E-state index in [9.17, 15) is 9.59 Å². The van der Waals surface area contributed by atoms with Gasteiger partial charge in [0.2, 0.25) is 0 Å². The van der Waals surface area contributed by atoms with Crippen LogP contribution in [0.15, 0.2) is 29.8 Å². The van der Waals surface area contributed by atoms with Crippen LogP contribution in [0.4, 0.5) is 5.69 Å². The summed E-state index contributed by atoms with van der Waals surface area (Å²) >= 11 is 5.42. The molecule has 17 heavy (non-hydrogen) atoms. The number of carbonyl (C=O) groups excluding carboxylic acids is 2. The van der Waals surface area contributed by atoms with Gasteiger partial charge in [-0.15, -0.1) is 0 Å². The fraction of sp³-hybridized carbons (Fsp3) is 0.167. The highest BCUT2D eigenvalue weighted by atomic mass is 35.5. The molecule has 4 nitrogen and oxygen atoms in total. The van der Waals surface area contributed by atoms with Crippen molar-refractivity contribution in [3.8, 4) is 5.75 Å². The predicted molar refractivity (Wildman–Crippen MR) is 64.7 cm³/mol. The third kappa shape index (κ3) is 1.91. The van der Waals surface area contributed by atoms with E-state index in [4.69, 9.17) is 16.3 Å². The Balaban J connectivity index is 2.43. The van der Waals surface area contributed by atoms with E-state index in [1.807, 2.05) is 0 Å². The summed E-state index contributed by atoms with van der Waals surface area (Å²) < 4.78 is 5.02. The second-order valence-electron chi connectivity index (χ2n) is 3.49. The summed E-state index contributed by atoms with van der Waals surface area (Å²) in [7, 11) is 1.51. The van der Waals surface area contributed by atoms with Gasteiger partial charge >= 0.3 is 0 Å². The minimum absolute atomic E-state index is 0.285. The van der Waals surface area contributed by atoms with Crippen LogP contribution in [0.25, 0.3) is 0 Å². The number of nitrogens with zero attached hydrogens (tertiary/aromatic N) is 1. The van der Waals surface area contributed by atoms with Crippen molar-refractivity contribution in [2.75, 3.05) is 18.6 Å². The number of halogens is 1. The van der Waals surface area contributed by atoms with Gasteiger partial charge in [0.05, 0.1) is 18.4 Å². The fourth-order valence-corrected chi connectivity index (χ4v) is 1.81. The zero-order valence-electron chi connectivity index (χ0n) is 9.14. The first kappa shape index (κ1) is 11.7. The van der Waals surface area contributed by atoms with Gasteiger partial charge in [0, 0.05) is 12.1 Å². The monoisotopic (exact) mass is 251 g/mol. The van der Waals surface area contributed by atoms with Gasteiger partial charge in [-0.2, -0.15) is 0 Å². The molecular formula is C12H10ClNO3. The largest absolute Gasteiger partial charge is 0.497 e. The topological polar surface area (TPSA) is 46.6 Å². The highest BCUT2D eigenvalue weighted by molar-refractivity contribution is 6.52. The quantitative estimate of drug-likeness (QED) is 0.772. The van der Waals surface area contributed by atoms with Gasteiger partial charge in [-0.3, -0.25) is 9.59 Å². The molecular weight excluding hydrogens is 242 g/mol. The Morgan fingerprint density at radius 2 is 2.18 bits per heavy atom. The van der Waals surface area contributed by atoms with E-state index in [-0.39, 0.29) is 6.54 Å². The molecule has 0 saturated heterocycles. The van der Waals surface area contributed by atoms with E-state index in [1.54, 1.807) is 24.3 Å². The molecule has 1 aromatic rings. The van der Waals surface area contributed by atoms with Crippen molar-refractivity contribution in [1.29, 1.82) is 0 Å². The zero-order chi connectivity index (χ0) is 12.4. The number of ether oxygens (including phenoxy) is 1. The summed E-state index contributed by atoms with van der Waals surface area (Å²) in [4.78, 5) is 24.8. The number of rotatable bonds is 3. The van der Waals surface area contributed by atoms with Gasteiger partial charge in [-0.05, 0) is 18.2 Å². The van der Waals surface area contributed by atoms with E-state index >= 15 is 0 Å². The first-order valence-corrected chi connectivity index (χ1v) is 5.42. The predicted octanol–water partition coefficient (Wildman–Crippen LogP) is 1.98. The number of hydrogen-bond donors (Lipinski definition) is 0. The molecule has 0 atom stereocenters. The van der Waals surface area contributed by atoms with Gasteiger partial charge in [0.1, 0.15) is 5.75 Å². The maximum atomic E-state index is 11.7. The summed E-state index contributed by atoms with van der Waals surface area (Å²) in [5.41, 5.74) is 2.28. The molecule has 0 saturated carbocycles. The van der Waals surface area contributed by atoms with Crippen LogP contribution in [0.2, 0.25) is 0 Å². The Morgan fingerprint density at radius 3 is 2.82 bits per heavy atom. The summed E-state index contributed by atoms with van der Waals surface area (Å²) in [6.45, 7) is 0.285. The first-order valence-electron chi connectivity index (χ1n) is 4.98. The van der Waals surface area contributed by atoms with Crippen LogP contribution in [0.3, 0.4) is 0 Å². The highest BCUT2D eigenvalue weighted by Gasteiger charge is 2.35. The zero-order valence-corrected chi connectivity index (χ0v) is 9.90. The third-order valence-electron chi connectivity index (χ3n) is 2.56. The Morgan fingerprint density at radius 1 is 1.41 bits per heavy atom. The molecule has 0 N–H and O–H groups in total. The smallest absolute Gasteiger partial charge is 0.299 e. The lowest BCUT2D eigenvalue weighted by molar-refractivity contribution is -0.114. The Hall–Kier alpha value is -1.81. The van der Waals surface area contributed by atoms with Gasteiger partial charge < -0.3 is 9.64 Å². The van der Waals surface area contributed by atoms with Crippen LogP contribution in [0, 0.1) is 0 Å². The molecule has 0 aliphatic carbocycles. The number of ketones is 1. The van der Waals surface area contributed by atoms with Crippen molar-refractivity contribution < 1.29 is 14.3 Å². The molecule has 0 radical (unpaired) electrons. The molecule has 1 heterocycles. The molecule has 5 heteroatoms. The van der Waals surface area contributed by atoms with Crippen molar-refractivity contribution >= 4 is 29.0 Å². The summed E-state index contributed by atoms with van der Waals surface area (Å²) in [6, 6.07) is 4.97. The lowest BCUT2D eigenvalue weighted by atomic mass is 10.1. The second kappa shape index (κ2) is 4.59. The van der Waals surface area contributed by atoms with Crippen molar-refractivity contribution in [3.63, 3.8) is 0 Å². The van der Waals surface area contributed by atoms with E-state index in [2.05, 4.69) is 0 Å². The molecule has 1 aromatic carbocycles. The molecule has 0 bridgehead atoms. The molecule has 1 amide bonds. The van der Waals surface area contributed by atoms with Crippen molar-refractivity contribution in [2.24, 2.45) is 0 Å². The first-order chi connectivity index (χ1) is 8.19. The minimum atomic E-state index is -0.539. The average Bonchev–Trinajstić information content (AvgIpc) is 2.60. The standard InChI is InChI=1S/C12H10ClNO3/c1-17-8-3-4-10-9(7-8)11(15)12(16)14(10)6-2-5-13/h2-5,7H,6H2,1H3/b5-2+. The van der Waals surface area contributed by atoms with Crippen LogP contribution >= 0.6 is 11.6 Å². The Kier molecular flexibility index (Phi) is 3.15. The molecule has 0 aromatic heterocycles. The van der Waals surface area contributed by atoms with Crippen LogP contribution in [0.1, 0.15) is 10.4 Å². The lowest BCUT2D eigenvalue weighted by Gasteiger charge is -2.13. The maximum Gasteiger partial charge on any atom is 0.299 e. The molecule has 0 unspecified atom stereocenters. The van der Waals surface area contributed by atoms with Gasteiger partial charge in [0.15, 0.2) is 0 Å². The third-order valence-corrected chi connectivity index (χ3v) is 2.73.